The first kappa shape index (κ1) is 20.9. The molecule has 4 aromatic rings. The van der Waals surface area contributed by atoms with Crippen LogP contribution in [0.15, 0.2) is 72.8 Å². The van der Waals surface area contributed by atoms with Crippen molar-refractivity contribution >= 4 is 38.7 Å². The molecule has 0 aliphatic carbocycles. The maximum Gasteiger partial charge on any atom is 0.265 e. The number of anilines is 2. The van der Waals surface area contributed by atoms with Crippen molar-refractivity contribution in [2.45, 2.75) is 13.0 Å². The first-order valence-corrected chi connectivity index (χ1v) is 11.0. The molecule has 1 amide bonds. The van der Waals surface area contributed by atoms with E-state index in [4.69, 9.17) is 10.5 Å². The lowest BCUT2D eigenvalue weighted by atomic mass is 10.1. The summed E-state index contributed by atoms with van der Waals surface area (Å²) >= 11 is 1.50. The number of amides is 1. The quantitative estimate of drug-likeness (QED) is 0.269. The summed E-state index contributed by atoms with van der Waals surface area (Å²) in [7, 11) is 1.69. The van der Waals surface area contributed by atoms with Gasteiger partial charge in [-0.15, -0.1) is 11.3 Å². The minimum Gasteiger partial charge on any atom is -0.496 e. The molecule has 5 nitrogen and oxygen atoms in total. The number of nitrogen functional groups attached to an aromatic ring is 1. The van der Waals surface area contributed by atoms with E-state index in [-0.39, 0.29) is 5.91 Å². The summed E-state index contributed by atoms with van der Waals surface area (Å²) in [5.41, 5.74) is 9.50. The van der Waals surface area contributed by atoms with Crippen LogP contribution in [0.2, 0.25) is 0 Å². The largest absolute Gasteiger partial charge is 0.496 e. The number of hydrogen-bond acceptors (Lipinski definition) is 5. The summed E-state index contributed by atoms with van der Waals surface area (Å²) < 4.78 is 6.50. The van der Waals surface area contributed by atoms with E-state index in [1.54, 1.807) is 19.2 Å². The predicted molar refractivity (Wildman–Crippen MR) is 129 cm³/mol. The zero-order valence-corrected chi connectivity index (χ0v) is 18.2. The molecule has 4 N–H and O–H groups in total. The first-order chi connectivity index (χ1) is 15.1. The van der Waals surface area contributed by atoms with Gasteiger partial charge in [-0.05, 0) is 54.2 Å². The summed E-state index contributed by atoms with van der Waals surface area (Å²) in [5.74, 6) is 0.761. The molecule has 6 heteroatoms. The number of carbonyl (C=O) groups is 1. The van der Waals surface area contributed by atoms with Crippen molar-refractivity contribution in [2.24, 2.45) is 0 Å². The second-order valence-electron chi connectivity index (χ2n) is 7.26. The highest BCUT2D eigenvalue weighted by Crippen LogP contribution is 2.28. The molecule has 0 unspecified atom stereocenters. The molecule has 1 heterocycles. The Hall–Kier alpha value is -3.35. The van der Waals surface area contributed by atoms with Crippen molar-refractivity contribution in [3.63, 3.8) is 0 Å². The van der Waals surface area contributed by atoms with Gasteiger partial charge in [-0.1, -0.05) is 42.5 Å². The number of para-hydroxylation sites is 3. The van der Waals surface area contributed by atoms with Crippen molar-refractivity contribution in [1.82, 2.24) is 5.32 Å². The maximum absolute atomic E-state index is 12.6. The molecule has 0 fully saturated rings. The minimum absolute atomic E-state index is 0.140. The molecule has 0 bridgehead atoms. The number of methoxy groups -OCH3 is 1. The van der Waals surface area contributed by atoms with E-state index < -0.39 is 0 Å². The van der Waals surface area contributed by atoms with Gasteiger partial charge in [-0.2, -0.15) is 0 Å². The molecule has 0 saturated heterocycles. The van der Waals surface area contributed by atoms with E-state index in [0.29, 0.717) is 16.3 Å². The number of hydrogen-bond donors (Lipinski definition) is 3. The van der Waals surface area contributed by atoms with E-state index in [9.17, 15) is 4.79 Å². The van der Waals surface area contributed by atoms with Crippen LogP contribution in [-0.4, -0.2) is 19.6 Å². The lowest BCUT2D eigenvalue weighted by molar-refractivity contribution is 0.103. The zero-order chi connectivity index (χ0) is 21.6. The molecule has 0 spiro atoms. The summed E-state index contributed by atoms with van der Waals surface area (Å²) in [5, 5.41) is 7.44. The number of rotatable bonds is 8. The fraction of sp³-hybridized carbons (Fsp3) is 0.160. The van der Waals surface area contributed by atoms with Gasteiger partial charge in [-0.25, -0.2) is 0 Å². The van der Waals surface area contributed by atoms with E-state index in [1.807, 2.05) is 36.4 Å². The molecule has 4 rings (SSSR count). The van der Waals surface area contributed by atoms with Crippen LogP contribution < -0.4 is 21.1 Å². The lowest BCUT2D eigenvalue weighted by Gasteiger charge is -2.09. The average molecular weight is 432 g/mol. The molecule has 0 atom stereocenters. The van der Waals surface area contributed by atoms with Gasteiger partial charge in [0.25, 0.3) is 5.91 Å². The molecule has 1 aromatic heterocycles. The highest BCUT2D eigenvalue weighted by Gasteiger charge is 2.12. The smallest absolute Gasteiger partial charge is 0.265 e. The Morgan fingerprint density at radius 2 is 1.84 bits per heavy atom. The first-order valence-electron chi connectivity index (χ1n) is 10.1. The van der Waals surface area contributed by atoms with E-state index in [1.165, 1.54) is 16.9 Å². The van der Waals surface area contributed by atoms with Crippen molar-refractivity contribution < 1.29 is 9.53 Å². The third-order valence-electron chi connectivity index (χ3n) is 5.12. The fourth-order valence-electron chi connectivity index (χ4n) is 3.44. The maximum atomic E-state index is 12.6. The minimum atomic E-state index is -0.140. The van der Waals surface area contributed by atoms with Crippen LogP contribution in [0.1, 0.15) is 20.8 Å². The normalized spacial score (nSPS) is 10.9. The fourth-order valence-corrected chi connectivity index (χ4v) is 4.46. The molecule has 31 heavy (non-hydrogen) atoms. The van der Waals surface area contributed by atoms with Crippen LogP contribution in [0.5, 0.6) is 5.75 Å². The molecule has 0 aliphatic heterocycles. The molecular formula is C25H25N3O2S. The Morgan fingerprint density at radius 1 is 1.03 bits per heavy atom. The van der Waals surface area contributed by atoms with Gasteiger partial charge in [0, 0.05) is 16.8 Å². The number of thiophene rings is 1. The van der Waals surface area contributed by atoms with Gasteiger partial charge >= 0.3 is 0 Å². The predicted octanol–water partition coefficient (Wildman–Crippen LogP) is 5.08. The topological polar surface area (TPSA) is 76.4 Å². The summed E-state index contributed by atoms with van der Waals surface area (Å²) in [6.07, 6.45) is 0.908. The Morgan fingerprint density at radius 3 is 2.68 bits per heavy atom. The van der Waals surface area contributed by atoms with Gasteiger partial charge in [0.1, 0.15) is 5.75 Å². The summed E-state index contributed by atoms with van der Waals surface area (Å²) in [6, 6.07) is 23.6. The third kappa shape index (κ3) is 5.05. The molecule has 0 saturated carbocycles. The van der Waals surface area contributed by atoms with Crippen LogP contribution in [0.3, 0.4) is 0 Å². The summed E-state index contributed by atoms with van der Waals surface area (Å²) in [6.45, 7) is 1.62. The standard InChI is InChI=1S/C25H25N3O2S/c1-30-22-9-5-2-6-19(22)16-27-13-12-17-10-11-18-15-24(31-23(18)14-17)25(29)28-21-8-4-3-7-20(21)26/h2-11,14-15,27H,12-13,16,26H2,1H3,(H,28,29). The number of ether oxygens (including phenoxy) is 1. The Labute approximate surface area is 185 Å². The molecule has 3 aromatic carbocycles. The lowest BCUT2D eigenvalue weighted by Crippen LogP contribution is -2.17. The van der Waals surface area contributed by atoms with Crippen LogP contribution in [0, 0.1) is 0 Å². The second kappa shape index (κ2) is 9.64. The number of nitrogens with one attached hydrogen (secondary N) is 2. The van der Waals surface area contributed by atoms with Crippen LogP contribution in [0.25, 0.3) is 10.1 Å². The van der Waals surface area contributed by atoms with E-state index in [2.05, 4.69) is 34.9 Å². The SMILES string of the molecule is COc1ccccc1CNCCc1ccc2cc(C(=O)Nc3ccccc3N)sc2c1. The number of nitrogens with two attached hydrogens (primary N) is 1. The highest BCUT2D eigenvalue weighted by atomic mass is 32.1. The Balaban J connectivity index is 1.37. The van der Waals surface area contributed by atoms with Crippen molar-refractivity contribution in [3.8, 4) is 5.75 Å². The molecule has 0 radical (unpaired) electrons. The van der Waals surface area contributed by atoms with E-state index >= 15 is 0 Å². The monoisotopic (exact) mass is 431 g/mol. The van der Waals surface area contributed by atoms with Gasteiger partial charge < -0.3 is 21.1 Å². The average Bonchev–Trinajstić information content (AvgIpc) is 3.22. The Kier molecular flexibility index (Phi) is 6.50. The van der Waals surface area contributed by atoms with E-state index in [0.717, 1.165) is 40.9 Å². The van der Waals surface area contributed by atoms with Gasteiger partial charge in [0.2, 0.25) is 0 Å². The van der Waals surface area contributed by atoms with Gasteiger partial charge in [0.15, 0.2) is 0 Å². The molecule has 158 valence electrons. The zero-order valence-electron chi connectivity index (χ0n) is 17.4. The van der Waals surface area contributed by atoms with Crippen LogP contribution in [0.4, 0.5) is 11.4 Å². The second-order valence-corrected chi connectivity index (χ2v) is 8.35. The highest BCUT2D eigenvalue weighted by molar-refractivity contribution is 7.20. The number of benzene rings is 3. The Bertz CT molecular complexity index is 1200. The van der Waals surface area contributed by atoms with Gasteiger partial charge in [-0.3, -0.25) is 4.79 Å². The number of fused-ring (bicyclic) bond motifs is 1. The molecule has 0 aliphatic rings. The summed E-state index contributed by atoms with van der Waals surface area (Å²) in [4.78, 5) is 13.3. The van der Waals surface area contributed by atoms with Crippen molar-refractivity contribution in [3.05, 3.63) is 88.8 Å². The molecular weight excluding hydrogens is 406 g/mol. The van der Waals surface area contributed by atoms with Crippen molar-refractivity contribution in [2.75, 3.05) is 24.7 Å². The van der Waals surface area contributed by atoms with Crippen LogP contribution in [-0.2, 0) is 13.0 Å². The van der Waals surface area contributed by atoms with Gasteiger partial charge in [0.05, 0.1) is 23.4 Å². The van der Waals surface area contributed by atoms with Crippen molar-refractivity contribution in [1.29, 1.82) is 0 Å². The number of carbonyl (C=O) groups excluding carboxylic acids is 1. The third-order valence-corrected chi connectivity index (χ3v) is 6.21. The van der Waals surface area contributed by atoms with Crippen LogP contribution >= 0.6 is 11.3 Å².